The van der Waals surface area contributed by atoms with Crippen LogP contribution in [0.25, 0.3) is 0 Å². The maximum absolute atomic E-state index is 11.7. The van der Waals surface area contributed by atoms with Crippen LogP contribution in [0, 0.1) is 12.3 Å². The molecule has 0 heterocycles. The molecule has 0 aromatic heterocycles. The molecule has 2 amide bonds. The molecule has 0 spiro atoms. The van der Waals surface area contributed by atoms with E-state index in [2.05, 4.69) is 16.6 Å². The highest BCUT2D eigenvalue weighted by Crippen LogP contribution is 2.37. The number of nitrogens with one attached hydrogen (secondary N) is 2. The molecule has 0 bridgehead atoms. The summed E-state index contributed by atoms with van der Waals surface area (Å²) in [6, 6.07) is 6.66. The van der Waals surface area contributed by atoms with Crippen LogP contribution < -0.4 is 10.6 Å². The number of aryl methyl sites for hydroxylation is 1. The van der Waals surface area contributed by atoms with Crippen molar-refractivity contribution in [3.8, 4) is 12.3 Å². The lowest BCUT2D eigenvalue weighted by Crippen LogP contribution is -2.53. The topological polar surface area (TPSA) is 78.4 Å². The van der Waals surface area contributed by atoms with E-state index in [1.165, 1.54) is 0 Å². The van der Waals surface area contributed by atoms with E-state index in [-0.39, 0.29) is 6.54 Å². The quantitative estimate of drug-likeness (QED) is 0.703. The maximum Gasteiger partial charge on any atom is 0.334 e. The van der Waals surface area contributed by atoms with Gasteiger partial charge in [0.25, 0.3) is 0 Å². The summed E-state index contributed by atoms with van der Waals surface area (Å²) in [5, 5.41) is 14.5. The lowest BCUT2D eigenvalue weighted by atomic mass is 9.92. The van der Waals surface area contributed by atoms with Crippen molar-refractivity contribution in [2.75, 3.05) is 6.54 Å². The van der Waals surface area contributed by atoms with Gasteiger partial charge in [0, 0.05) is 0 Å². The molecule has 1 aromatic rings. The van der Waals surface area contributed by atoms with Crippen molar-refractivity contribution in [1.82, 2.24) is 10.6 Å². The molecule has 0 radical (unpaired) electrons. The highest BCUT2D eigenvalue weighted by atomic mass is 16.4. The summed E-state index contributed by atoms with van der Waals surface area (Å²) in [5.41, 5.74) is 0.218. The van der Waals surface area contributed by atoms with Gasteiger partial charge in [0.05, 0.1) is 6.54 Å². The smallest absolute Gasteiger partial charge is 0.334 e. The molecule has 1 aromatic carbocycles. The monoisotopic (exact) mass is 258 g/mol. The first kappa shape index (κ1) is 13.0. The fourth-order valence-electron chi connectivity index (χ4n) is 2.39. The first-order chi connectivity index (χ1) is 9.10. The summed E-state index contributed by atoms with van der Waals surface area (Å²) in [6.07, 6.45) is 6.01. The Morgan fingerprint density at radius 2 is 2.16 bits per heavy atom. The average Bonchev–Trinajstić information content (AvgIpc) is 2.77. The fraction of sp³-hybridized carbons (Fsp3) is 0.286. The maximum atomic E-state index is 11.7. The third-order valence-electron chi connectivity index (χ3n) is 3.29. The zero-order chi connectivity index (χ0) is 13.9. The lowest BCUT2D eigenvalue weighted by Gasteiger charge is -2.26. The molecule has 19 heavy (non-hydrogen) atoms. The molecule has 0 saturated carbocycles. The highest BCUT2D eigenvalue weighted by Gasteiger charge is 2.46. The molecule has 0 unspecified atom stereocenters. The molecular weight excluding hydrogens is 244 g/mol. The van der Waals surface area contributed by atoms with Crippen LogP contribution >= 0.6 is 0 Å². The SMILES string of the molecule is C#CCNC(=O)N[C@@]1(C(=O)O)CCc2ccccc21. The summed E-state index contributed by atoms with van der Waals surface area (Å²) < 4.78 is 0. The van der Waals surface area contributed by atoms with Crippen molar-refractivity contribution < 1.29 is 14.7 Å². The molecule has 1 aliphatic rings. The molecule has 3 N–H and O–H groups in total. The number of carbonyl (C=O) groups excluding carboxylic acids is 1. The van der Waals surface area contributed by atoms with Crippen molar-refractivity contribution in [2.24, 2.45) is 0 Å². The summed E-state index contributed by atoms with van der Waals surface area (Å²) in [7, 11) is 0. The minimum absolute atomic E-state index is 0.0587. The van der Waals surface area contributed by atoms with Crippen LogP contribution in [0.1, 0.15) is 17.5 Å². The van der Waals surface area contributed by atoms with Crippen molar-refractivity contribution in [3.63, 3.8) is 0 Å². The number of hydrogen-bond donors (Lipinski definition) is 3. The number of terminal acetylenes is 1. The summed E-state index contributed by atoms with van der Waals surface area (Å²) >= 11 is 0. The van der Waals surface area contributed by atoms with Gasteiger partial charge in [0.1, 0.15) is 0 Å². The number of rotatable bonds is 3. The number of amides is 2. The van der Waals surface area contributed by atoms with Gasteiger partial charge in [-0.1, -0.05) is 30.2 Å². The van der Waals surface area contributed by atoms with Crippen LogP contribution in [0.3, 0.4) is 0 Å². The fourth-order valence-corrected chi connectivity index (χ4v) is 2.39. The van der Waals surface area contributed by atoms with Gasteiger partial charge >= 0.3 is 12.0 Å². The third kappa shape index (κ3) is 2.25. The van der Waals surface area contributed by atoms with Crippen molar-refractivity contribution in [3.05, 3.63) is 35.4 Å². The normalized spacial score (nSPS) is 20.2. The molecule has 98 valence electrons. The van der Waals surface area contributed by atoms with E-state index in [9.17, 15) is 14.7 Å². The number of carbonyl (C=O) groups is 2. The van der Waals surface area contributed by atoms with Crippen molar-refractivity contribution in [2.45, 2.75) is 18.4 Å². The molecule has 0 saturated heterocycles. The molecule has 0 fully saturated rings. The first-order valence-electron chi connectivity index (χ1n) is 5.91. The van der Waals surface area contributed by atoms with E-state index < -0.39 is 17.5 Å². The Hall–Kier alpha value is -2.48. The Morgan fingerprint density at radius 1 is 1.42 bits per heavy atom. The van der Waals surface area contributed by atoms with Crippen LogP contribution in [0.5, 0.6) is 0 Å². The Labute approximate surface area is 111 Å². The molecule has 5 heteroatoms. The second-order valence-electron chi connectivity index (χ2n) is 4.38. The van der Waals surface area contributed by atoms with Crippen LogP contribution in [0.15, 0.2) is 24.3 Å². The Balaban J connectivity index is 2.29. The zero-order valence-corrected chi connectivity index (χ0v) is 10.3. The average molecular weight is 258 g/mol. The Kier molecular flexibility index (Phi) is 3.43. The van der Waals surface area contributed by atoms with E-state index in [1.807, 2.05) is 12.1 Å². The second kappa shape index (κ2) is 5.02. The van der Waals surface area contributed by atoms with Gasteiger partial charge in [-0.3, -0.25) is 0 Å². The standard InChI is InChI=1S/C14H14N2O3/c1-2-9-15-13(19)16-14(12(17)18)8-7-10-5-3-4-6-11(10)14/h1,3-6H,7-9H2,(H,17,18)(H2,15,16,19)/t14-/m0/s1. The van der Waals surface area contributed by atoms with Crippen LogP contribution in [-0.2, 0) is 16.8 Å². The number of benzene rings is 1. The summed E-state index contributed by atoms with van der Waals surface area (Å²) in [5.74, 6) is 1.20. The molecule has 1 aliphatic carbocycles. The van der Waals surface area contributed by atoms with E-state index in [0.717, 1.165) is 5.56 Å². The number of carboxylic acid groups (broad SMARTS) is 1. The van der Waals surface area contributed by atoms with Gasteiger partial charge in [-0.15, -0.1) is 6.42 Å². The lowest BCUT2D eigenvalue weighted by molar-refractivity contribution is -0.144. The number of hydrogen-bond acceptors (Lipinski definition) is 2. The van der Waals surface area contributed by atoms with Crippen LogP contribution in [-0.4, -0.2) is 23.7 Å². The van der Waals surface area contributed by atoms with Gasteiger partial charge in [0.15, 0.2) is 5.54 Å². The van der Waals surface area contributed by atoms with Gasteiger partial charge < -0.3 is 15.7 Å². The highest BCUT2D eigenvalue weighted by molar-refractivity contribution is 5.88. The van der Waals surface area contributed by atoms with Crippen LogP contribution in [0.2, 0.25) is 0 Å². The van der Waals surface area contributed by atoms with E-state index in [1.54, 1.807) is 12.1 Å². The minimum Gasteiger partial charge on any atom is -0.479 e. The number of fused-ring (bicyclic) bond motifs is 1. The number of carboxylic acids is 1. The minimum atomic E-state index is -1.37. The number of aliphatic carboxylic acids is 1. The van der Waals surface area contributed by atoms with Gasteiger partial charge in [-0.25, -0.2) is 9.59 Å². The van der Waals surface area contributed by atoms with Crippen LogP contribution in [0.4, 0.5) is 4.79 Å². The van der Waals surface area contributed by atoms with Gasteiger partial charge in [-0.2, -0.15) is 0 Å². The summed E-state index contributed by atoms with van der Waals surface area (Å²) in [4.78, 5) is 23.3. The molecule has 5 nitrogen and oxygen atoms in total. The second-order valence-corrected chi connectivity index (χ2v) is 4.38. The van der Waals surface area contributed by atoms with E-state index >= 15 is 0 Å². The van der Waals surface area contributed by atoms with E-state index in [4.69, 9.17) is 6.42 Å². The Morgan fingerprint density at radius 3 is 2.84 bits per heavy atom. The van der Waals surface area contributed by atoms with Gasteiger partial charge in [-0.05, 0) is 24.0 Å². The zero-order valence-electron chi connectivity index (χ0n) is 10.3. The first-order valence-corrected chi connectivity index (χ1v) is 5.91. The number of urea groups is 1. The van der Waals surface area contributed by atoms with Crippen molar-refractivity contribution in [1.29, 1.82) is 0 Å². The predicted octanol–water partition coefficient (Wildman–Crippen LogP) is 0.845. The molecule has 2 rings (SSSR count). The van der Waals surface area contributed by atoms with Crippen molar-refractivity contribution >= 4 is 12.0 Å². The largest absolute Gasteiger partial charge is 0.479 e. The van der Waals surface area contributed by atoms with E-state index in [0.29, 0.717) is 18.4 Å². The third-order valence-corrected chi connectivity index (χ3v) is 3.29. The van der Waals surface area contributed by atoms with Gasteiger partial charge in [0.2, 0.25) is 0 Å². The molecule has 1 atom stereocenters. The summed E-state index contributed by atoms with van der Waals surface area (Å²) in [6.45, 7) is 0.0587. The predicted molar refractivity (Wildman–Crippen MR) is 69.4 cm³/mol. The molecular formula is C14H14N2O3. The Bertz CT molecular complexity index is 562. The molecule has 0 aliphatic heterocycles.